The Labute approximate surface area is 403 Å². The molecule has 2 fully saturated rings. The summed E-state index contributed by atoms with van der Waals surface area (Å²) >= 11 is 5.99. The van der Waals surface area contributed by atoms with Crippen molar-refractivity contribution in [1.29, 1.82) is 0 Å². The number of para-hydroxylation sites is 1. The van der Waals surface area contributed by atoms with Crippen LogP contribution >= 0.6 is 11.6 Å². The second-order valence-corrected chi connectivity index (χ2v) is 18.8. The molecule has 0 aliphatic carbocycles. The predicted octanol–water partition coefficient (Wildman–Crippen LogP) is 9.91. The Morgan fingerprint density at radius 1 is 0.716 bits per heavy atom. The van der Waals surface area contributed by atoms with Gasteiger partial charge < -0.3 is 19.3 Å². The lowest BCUT2D eigenvalue weighted by atomic mass is 10.1. The molecule has 0 spiro atoms. The van der Waals surface area contributed by atoms with Gasteiger partial charge in [-0.3, -0.25) is 33.5 Å². The number of ketones is 1. The second-order valence-electron chi connectivity index (χ2n) is 18.3. The number of unbranched alkanes of at least 4 members (excludes halogenated alkanes) is 11. The number of ether oxygens (including phenoxy) is 2. The topological polar surface area (TPSA) is 118 Å². The van der Waals surface area contributed by atoms with Crippen LogP contribution in [0.5, 0.6) is 11.5 Å². The summed E-state index contributed by atoms with van der Waals surface area (Å²) in [5.74, 6) is 1.58. The van der Waals surface area contributed by atoms with Crippen LogP contribution in [-0.2, 0) is 16.1 Å². The van der Waals surface area contributed by atoms with E-state index in [4.69, 9.17) is 26.1 Å². The first-order valence-electron chi connectivity index (χ1n) is 25.0. The Balaban J connectivity index is 1.01. The zero-order chi connectivity index (χ0) is 47.4. The first-order valence-corrected chi connectivity index (χ1v) is 25.4. The number of carbonyl (C=O) groups is 3. The van der Waals surface area contributed by atoms with Crippen LogP contribution < -0.4 is 15.0 Å². The van der Waals surface area contributed by atoms with E-state index in [0.29, 0.717) is 110 Å². The van der Waals surface area contributed by atoms with Crippen molar-refractivity contribution in [3.05, 3.63) is 106 Å². The third kappa shape index (κ3) is 16.0. The van der Waals surface area contributed by atoms with Gasteiger partial charge in [-0.15, -0.1) is 0 Å². The number of benzene rings is 3. The molecule has 2 amide bonds. The van der Waals surface area contributed by atoms with Crippen LogP contribution in [0, 0.1) is 0 Å². The highest BCUT2D eigenvalue weighted by Gasteiger charge is 2.27. The molecular formula is C54H73ClN6O6. The predicted molar refractivity (Wildman–Crippen MR) is 269 cm³/mol. The average Bonchev–Trinajstić information content (AvgIpc) is 3.33. The summed E-state index contributed by atoms with van der Waals surface area (Å²) in [6.07, 6.45) is 21.1. The van der Waals surface area contributed by atoms with Gasteiger partial charge in [-0.1, -0.05) is 94.2 Å². The molecule has 2 saturated heterocycles. The van der Waals surface area contributed by atoms with Gasteiger partial charge in [0.1, 0.15) is 17.3 Å². The molecule has 67 heavy (non-hydrogen) atoms. The van der Waals surface area contributed by atoms with Gasteiger partial charge in [0.05, 0.1) is 35.8 Å². The van der Waals surface area contributed by atoms with E-state index >= 15 is 0 Å². The van der Waals surface area contributed by atoms with Crippen LogP contribution in [0.15, 0.2) is 83.7 Å². The fraction of sp³-hybridized carbons (Fsp3) is 0.537. The van der Waals surface area contributed by atoms with Crippen LogP contribution in [0.4, 0.5) is 0 Å². The van der Waals surface area contributed by atoms with E-state index in [0.717, 1.165) is 19.3 Å². The van der Waals surface area contributed by atoms with Gasteiger partial charge in [0.15, 0.2) is 12.4 Å². The number of amides is 2. The monoisotopic (exact) mass is 937 g/mol. The molecule has 2 aliphatic heterocycles. The summed E-state index contributed by atoms with van der Waals surface area (Å²) in [5.41, 5.74) is 1.25. The minimum Gasteiger partial charge on any atom is -0.489 e. The van der Waals surface area contributed by atoms with Gasteiger partial charge in [0.25, 0.3) is 11.5 Å². The molecule has 1 aromatic heterocycles. The molecule has 0 radical (unpaired) electrons. The average molecular weight is 938 g/mol. The lowest BCUT2D eigenvalue weighted by molar-refractivity contribution is -0.135. The van der Waals surface area contributed by atoms with Gasteiger partial charge in [-0.05, 0) is 101 Å². The van der Waals surface area contributed by atoms with Crippen LogP contribution in [0.1, 0.15) is 127 Å². The van der Waals surface area contributed by atoms with E-state index in [1.54, 1.807) is 58.0 Å². The Hall–Kier alpha value is -5.04. The van der Waals surface area contributed by atoms with Crippen molar-refractivity contribution in [2.45, 2.75) is 123 Å². The largest absolute Gasteiger partial charge is 0.489 e. The number of Topliss-reactive ketones (excluding diaryl/α,β-unsaturated/α-hetero) is 1. The normalized spacial score (nSPS) is 14.9. The van der Waals surface area contributed by atoms with E-state index in [1.807, 2.05) is 36.9 Å². The Bertz CT molecular complexity index is 2280. The third-order valence-corrected chi connectivity index (χ3v) is 13.0. The summed E-state index contributed by atoms with van der Waals surface area (Å²) < 4.78 is 13.6. The van der Waals surface area contributed by atoms with Crippen LogP contribution in [0.2, 0.25) is 5.02 Å². The van der Waals surface area contributed by atoms with E-state index in [1.165, 1.54) is 64.2 Å². The zero-order valence-electron chi connectivity index (χ0n) is 40.3. The van der Waals surface area contributed by atoms with Crippen molar-refractivity contribution in [3.8, 4) is 17.2 Å². The first kappa shape index (κ1) is 51.4. The van der Waals surface area contributed by atoms with Gasteiger partial charge in [0.2, 0.25) is 5.91 Å². The number of hydrogen-bond acceptors (Lipinski definition) is 9. The van der Waals surface area contributed by atoms with E-state index in [9.17, 15) is 19.2 Å². The van der Waals surface area contributed by atoms with E-state index in [-0.39, 0.29) is 42.4 Å². The number of rotatable bonds is 26. The van der Waals surface area contributed by atoms with Crippen molar-refractivity contribution >= 4 is 40.1 Å². The van der Waals surface area contributed by atoms with Crippen molar-refractivity contribution in [3.63, 3.8) is 0 Å². The summed E-state index contributed by atoms with van der Waals surface area (Å²) in [6.45, 7) is 11.1. The number of halogens is 1. The molecule has 0 atom stereocenters. The lowest BCUT2D eigenvalue weighted by Gasteiger charge is -2.35. The smallest absolute Gasteiger partial charge is 0.266 e. The van der Waals surface area contributed by atoms with Crippen LogP contribution in [-0.4, -0.2) is 118 Å². The minimum absolute atomic E-state index is 0.0742. The molecule has 6 rings (SSSR count). The molecule has 13 heteroatoms. The van der Waals surface area contributed by atoms with Gasteiger partial charge >= 0.3 is 0 Å². The number of allylic oxidation sites excluding steroid dienone is 2. The second kappa shape index (κ2) is 27.1. The summed E-state index contributed by atoms with van der Waals surface area (Å²) in [4.78, 5) is 67.7. The van der Waals surface area contributed by atoms with Crippen molar-refractivity contribution < 1.29 is 23.9 Å². The van der Waals surface area contributed by atoms with Crippen molar-refractivity contribution in [2.24, 2.45) is 0 Å². The fourth-order valence-electron chi connectivity index (χ4n) is 8.83. The molecular weight excluding hydrogens is 864 g/mol. The fourth-order valence-corrected chi connectivity index (χ4v) is 8.96. The third-order valence-electron chi connectivity index (χ3n) is 12.7. The maximum Gasteiger partial charge on any atom is 0.266 e. The molecule has 3 heterocycles. The van der Waals surface area contributed by atoms with Crippen molar-refractivity contribution in [1.82, 2.24) is 29.2 Å². The number of aromatic nitrogens is 2. The molecule has 0 saturated carbocycles. The summed E-state index contributed by atoms with van der Waals surface area (Å²) in [6, 6.07) is 19.5. The highest BCUT2D eigenvalue weighted by Crippen LogP contribution is 2.28. The maximum absolute atomic E-state index is 14.5. The molecule has 0 unspecified atom stereocenters. The number of piperazine rings is 2. The molecule has 12 nitrogen and oxygen atoms in total. The van der Waals surface area contributed by atoms with Gasteiger partial charge in [-0.25, -0.2) is 4.98 Å². The number of hydrogen-bond donors (Lipinski definition) is 0. The maximum atomic E-state index is 14.5. The number of fused-ring (bicyclic) bond motifs is 1. The minimum atomic E-state index is -0.255. The Morgan fingerprint density at radius 3 is 2.00 bits per heavy atom. The standard InChI is InChI=1S/C54H73ClN6O6/c1-4-5-6-7-8-9-10-11-12-13-14-15-16-17-18-23-52(63)59-34-30-57(31-35-59)39-49(62)43-24-29-50(67-42(2)3)48(38-43)61-51(56-47-22-20-19-21-46(47)54(61)65)40-58-32-36-60(37-33-58)53(64)41-66-45-27-25-44(55)26-28-45/h11-12,19-22,24-29,38,42H,4-10,13-18,23,30-37,39-41H2,1-3H3/b12-11+. The molecule has 362 valence electrons. The molecule has 0 bridgehead atoms. The lowest BCUT2D eigenvalue weighted by Crippen LogP contribution is -2.50. The molecule has 0 N–H and O–H groups in total. The molecule has 3 aromatic carbocycles. The molecule has 4 aromatic rings. The van der Waals surface area contributed by atoms with Crippen LogP contribution in [0.25, 0.3) is 16.6 Å². The molecule has 2 aliphatic rings. The SMILES string of the molecule is CCCCCCCC/C=C/CCCCCCCC(=O)N1CCN(CC(=O)c2ccc(OC(C)C)c(-n3c(CN4CCN(C(=O)COc5ccc(Cl)cc5)CC4)nc4ccccc4c3=O)c2)CC1. The highest BCUT2D eigenvalue weighted by atomic mass is 35.5. The highest BCUT2D eigenvalue weighted by molar-refractivity contribution is 6.30. The van der Waals surface area contributed by atoms with Crippen molar-refractivity contribution in [2.75, 3.05) is 65.5 Å². The quantitative estimate of drug-likeness (QED) is 0.0345. The van der Waals surface area contributed by atoms with E-state index < -0.39 is 0 Å². The first-order chi connectivity index (χ1) is 32.6. The van der Waals surface area contributed by atoms with Gasteiger partial charge in [-0.2, -0.15) is 0 Å². The zero-order valence-corrected chi connectivity index (χ0v) is 41.0. The number of nitrogens with zero attached hydrogens (tertiary/aromatic N) is 6. The number of carbonyl (C=O) groups excluding carboxylic acids is 3. The van der Waals surface area contributed by atoms with Crippen LogP contribution in [0.3, 0.4) is 0 Å². The summed E-state index contributed by atoms with van der Waals surface area (Å²) in [5, 5.41) is 1.06. The Kier molecular flexibility index (Phi) is 20.8. The van der Waals surface area contributed by atoms with Gasteiger partial charge in [0, 0.05) is 69.4 Å². The summed E-state index contributed by atoms with van der Waals surface area (Å²) in [7, 11) is 0. The Morgan fingerprint density at radius 2 is 1.33 bits per heavy atom. The van der Waals surface area contributed by atoms with E-state index in [2.05, 4.69) is 28.9 Å².